The van der Waals surface area contributed by atoms with E-state index in [1.807, 2.05) is 18.2 Å². The average Bonchev–Trinajstić information content (AvgIpc) is 3.43. The van der Waals surface area contributed by atoms with Crippen LogP contribution < -0.4 is 0 Å². The molecule has 1 aromatic carbocycles. The Morgan fingerprint density at radius 2 is 1.65 bits per heavy atom. The second kappa shape index (κ2) is 6.77. The van der Waals surface area contributed by atoms with Crippen LogP contribution >= 0.6 is 0 Å². The summed E-state index contributed by atoms with van der Waals surface area (Å²) in [6, 6.07) is 11.9. The molecule has 9 heteroatoms. The molecule has 0 amide bonds. The fourth-order valence-electron chi connectivity index (χ4n) is 3.54. The zero-order valence-electron chi connectivity index (χ0n) is 15.9. The topological polar surface area (TPSA) is 109 Å². The molecular formula is C22H13FN8. The molecule has 0 aliphatic heterocycles. The molecule has 5 heterocycles. The molecule has 0 aliphatic carbocycles. The number of nitrogens with one attached hydrogen (secondary N) is 2. The molecule has 0 unspecified atom stereocenters. The molecule has 0 bridgehead atoms. The highest BCUT2D eigenvalue weighted by Gasteiger charge is 2.17. The maximum Gasteiger partial charge on any atom is 0.162 e. The summed E-state index contributed by atoms with van der Waals surface area (Å²) in [6.45, 7) is 0. The Bertz CT molecular complexity index is 1540. The second-order valence-corrected chi connectivity index (χ2v) is 6.94. The number of H-pyrrole nitrogens is 2. The Labute approximate surface area is 174 Å². The number of benzene rings is 1. The quantitative estimate of drug-likeness (QED) is 0.455. The Balaban J connectivity index is 1.51. The van der Waals surface area contributed by atoms with Gasteiger partial charge in [0, 0.05) is 29.7 Å². The number of hydrogen-bond donors (Lipinski definition) is 2. The number of aromatic nitrogens is 8. The lowest BCUT2D eigenvalue weighted by Gasteiger charge is -2.01. The molecule has 31 heavy (non-hydrogen) atoms. The number of halogens is 1. The number of fused-ring (bicyclic) bond motifs is 2. The van der Waals surface area contributed by atoms with E-state index >= 15 is 0 Å². The summed E-state index contributed by atoms with van der Waals surface area (Å²) in [6.07, 6.45) is 6.59. The van der Waals surface area contributed by atoms with Crippen molar-refractivity contribution in [1.29, 1.82) is 0 Å². The van der Waals surface area contributed by atoms with E-state index in [1.54, 1.807) is 30.7 Å². The van der Waals surface area contributed by atoms with Crippen molar-refractivity contribution < 1.29 is 4.39 Å². The van der Waals surface area contributed by atoms with Gasteiger partial charge in [-0.1, -0.05) is 12.1 Å². The summed E-state index contributed by atoms with van der Waals surface area (Å²) in [5.41, 5.74) is 6.56. The highest BCUT2D eigenvalue weighted by Crippen LogP contribution is 2.30. The predicted molar refractivity (Wildman–Crippen MR) is 113 cm³/mol. The van der Waals surface area contributed by atoms with Crippen molar-refractivity contribution in [3.63, 3.8) is 0 Å². The number of pyridine rings is 2. The molecule has 2 N–H and O–H groups in total. The number of hydrogen-bond acceptors (Lipinski definition) is 6. The standard InChI is InChI=1S/C22H13FN8/c23-14-3-1-12(2-4-14)15-7-8-26-21-18(15)28-22(29-21)20-19-17(30-31-20)6-5-16(27-19)13-9-24-11-25-10-13/h1-11H,(H,30,31)(H,26,28,29). The van der Waals surface area contributed by atoms with E-state index in [0.29, 0.717) is 28.2 Å². The van der Waals surface area contributed by atoms with Gasteiger partial charge < -0.3 is 4.98 Å². The summed E-state index contributed by atoms with van der Waals surface area (Å²) in [5, 5.41) is 7.42. The van der Waals surface area contributed by atoms with Gasteiger partial charge in [0.2, 0.25) is 0 Å². The largest absolute Gasteiger partial charge is 0.321 e. The summed E-state index contributed by atoms with van der Waals surface area (Å²) in [7, 11) is 0. The molecule has 5 aromatic heterocycles. The maximum atomic E-state index is 13.3. The third kappa shape index (κ3) is 2.91. The molecular weight excluding hydrogens is 395 g/mol. The van der Waals surface area contributed by atoms with E-state index < -0.39 is 0 Å². The zero-order valence-corrected chi connectivity index (χ0v) is 15.9. The van der Waals surface area contributed by atoms with E-state index in [4.69, 9.17) is 9.97 Å². The van der Waals surface area contributed by atoms with Gasteiger partial charge >= 0.3 is 0 Å². The third-order valence-corrected chi connectivity index (χ3v) is 5.03. The molecule has 0 saturated carbocycles. The van der Waals surface area contributed by atoms with Gasteiger partial charge in [-0.15, -0.1) is 0 Å². The lowest BCUT2D eigenvalue weighted by molar-refractivity contribution is 0.628. The first-order chi connectivity index (χ1) is 15.3. The minimum atomic E-state index is -0.287. The van der Waals surface area contributed by atoms with Gasteiger partial charge in [0.25, 0.3) is 0 Å². The number of rotatable bonds is 3. The minimum absolute atomic E-state index is 0.287. The van der Waals surface area contributed by atoms with Crippen LogP contribution in [-0.2, 0) is 0 Å². The van der Waals surface area contributed by atoms with Gasteiger partial charge in [-0.2, -0.15) is 5.10 Å². The lowest BCUT2D eigenvalue weighted by atomic mass is 10.1. The van der Waals surface area contributed by atoms with Gasteiger partial charge in [-0.05, 0) is 35.9 Å². The van der Waals surface area contributed by atoms with Crippen LogP contribution in [0.4, 0.5) is 4.39 Å². The molecule has 0 spiro atoms. The fourth-order valence-corrected chi connectivity index (χ4v) is 3.54. The van der Waals surface area contributed by atoms with Crippen LogP contribution in [-0.4, -0.2) is 40.1 Å². The van der Waals surface area contributed by atoms with Crippen LogP contribution in [0.1, 0.15) is 0 Å². The van der Waals surface area contributed by atoms with E-state index in [2.05, 4.69) is 30.1 Å². The summed E-state index contributed by atoms with van der Waals surface area (Å²) in [5.74, 6) is 0.253. The fraction of sp³-hybridized carbons (Fsp3) is 0. The summed E-state index contributed by atoms with van der Waals surface area (Å²) in [4.78, 5) is 25.2. The zero-order chi connectivity index (χ0) is 20.8. The molecule has 6 rings (SSSR count). The average molecular weight is 408 g/mol. The van der Waals surface area contributed by atoms with Gasteiger partial charge in [-0.25, -0.2) is 29.3 Å². The molecule has 6 aromatic rings. The Morgan fingerprint density at radius 1 is 0.806 bits per heavy atom. The first-order valence-corrected chi connectivity index (χ1v) is 9.48. The van der Waals surface area contributed by atoms with Crippen molar-refractivity contribution in [2.24, 2.45) is 0 Å². The van der Waals surface area contributed by atoms with E-state index in [1.165, 1.54) is 18.5 Å². The van der Waals surface area contributed by atoms with Crippen molar-refractivity contribution in [3.8, 4) is 33.9 Å². The molecule has 0 fully saturated rings. The Kier molecular flexibility index (Phi) is 3.79. The van der Waals surface area contributed by atoms with Crippen molar-refractivity contribution in [1.82, 2.24) is 40.1 Å². The normalized spacial score (nSPS) is 11.4. The molecule has 0 saturated heterocycles. The predicted octanol–water partition coefficient (Wildman–Crippen LogP) is 4.16. The van der Waals surface area contributed by atoms with Crippen LogP contribution in [0, 0.1) is 5.82 Å². The second-order valence-electron chi connectivity index (χ2n) is 6.94. The van der Waals surface area contributed by atoms with Crippen LogP contribution in [0.3, 0.4) is 0 Å². The molecule has 0 aliphatic rings. The van der Waals surface area contributed by atoms with Crippen LogP contribution in [0.2, 0.25) is 0 Å². The highest BCUT2D eigenvalue weighted by molar-refractivity contribution is 5.94. The molecule has 148 valence electrons. The third-order valence-electron chi connectivity index (χ3n) is 5.03. The summed E-state index contributed by atoms with van der Waals surface area (Å²) < 4.78 is 13.3. The smallest absolute Gasteiger partial charge is 0.162 e. The van der Waals surface area contributed by atoms with E-state index in [-0.39, 0.29) is 5.82 Å². The van der Waals surface area contributed by atoms with E-state index in [0.717, 1.165) is 27.9 Å². The molecule has 0 atom stereocenters. The van der Waals surface area contributed by atoms with Gasteiger partial charge in [0.15, 0.2) is 17.2 Å². The molecule has 8 nitrogen and oxygen atoms in total. The number of nitrogens with zero attached hydrogens (tertiary/aromatic N) is 6. The Morgan fingerprint density at radius 3 is 2.48 bits per heavy atom. The van der Waals surface area contributed by atoms with Gasteiger partial charge in [-0.3, -0.25) is 5.10 Å². The minimum Gasteiger partial charge on any atom is -0.321 e. The van der Waals surface area contributed by atoms with Crippen LogP contribution in [0.15, 0.2) is 67.4 Å². The van der Waals surface area contributed by atoms with Gasteiger partial charge in [0.1, 0.15) is 23.2 Å². The Hall–Kier alpha value is -4.53. The van der Waals surface area contributed by atoms with Crippen molar-refractivity contribution >= 4 is 22.2 Å². The highest BCUT2D eigenvalue weighted by atomic mass is 19.1. The SMILES string of the molecule is Fc1ccc(-c2ccnc3[nH]c(-c4n[nH]c5ccc(-c6cncnc6)nc45)nc23)cc1. The maximum absolute atomic E-state index is 13.3. The first-order valence-electron chi connectivity index (χ1n) is 9.48. The van der Waals surface area contributed by atoms with Crippen LogP contribution in [0.25, 0.3) is 56.1 Å². The summed E-state index contributed by atoms with van der Waals surface area (Å²) >= 11 is 0. The number of aromatic amines is 2. The lowest BCUT2D eigenvalue weighted by Crippen LogP contribution is -1.88. The van der Waals surface area contributed by atoms with Gasteiger partial charge in [0.05, 0.1) is 11.2 Å². The van der Waals surface area contributed by atoms with E-state index in [9.17, 15) is 4.39 Å². The monoisotopic (exact) mass is 408 g/mol. The molecule has 0 radical (unpaired) electrons. The number of imidazole rings is 1. The van der Waals surface area contributed by atoms with Crippen molar-refractivity contribution in [2.45, 2.75) is 0 Å². The van der Waals surface area contributed by atoms with Crippen molar-refractivity contribution in [3.05, 3.63) is 73.2 Å². The van der Waals surface area contributed by atoms with Crippen LogP contribution in [0.5, 0.6) is 0 Å². The first kappa shape index (κ1) is 17.3. The van der Waals surface area contributed by atoms with Crippen molar-refractivity contribution in [2.75, 3.05) is 0 Å².